The maximum Gasteiger partial charge on any atom is 0.246 e. The lowest BCUT2D eigenvalue weighted by atomic mass is 10.2. The lowest BCUT2D eigenvalue weighted by Crippen LogP contribution is -2.50. The quantitative estimate of drug-likeness (QED) is 0.793. The lowest BCUT2D eigenvalue weighted by Gasteiger charge is -2.33. The Kier molecular flexibility index (Phi) is 4.64. The van der Waals surface area contributed by atoms with Gasteiger partial charge in [-0.3, -0.25) is 9.78 Å². The lowest BCUT2D eigenvalue weighted by molar-refractivity contribution is -0.127. The van der Waals surface area contributed by atoms with Crippen molar-refractivity contribution in [3.8, 4) is 0 Å². The molecular formula is C17H19N3O3S. The fraction of sp³-hybridized carbons (Fsp3) is 0.294. The molecule has 1 amide bonds. The van der Waals surface area contributed by atoms with Gasteiger partial charge in [-0.15, -0.1) is 0 Å². The molecule has 2 aromatic rings. The first-order valence-corrected chi connectivity index (χ1v) is 9.22. The summed E-state index contributed by atoms with van der Waals surface area (Å²) in [5, 5.41) is 1.46. The van der Waals surface area contributed by atoms with Crippen molar-refractivity contribution in [2.24, 2.45) is 0 Å². The molecule has 0 aliphatic carbocycles. The Morgan fingerprint density at radius 3 is 2.62 bits per heavy atom. The highest BCUT2D eigenvalue weighted by Gasteiger charge is 2.30. The first kappa shape index (κ1) is 16.6. The molecule has 1 aliphatic rings. The van der Waals surface area contributed by atoms with Gasteiger partial charge in [-0.2, -0.15) is 4.31 Å². The Hall–Kier alpha value is -2.25. The van der Waals surface area contributed by atoms with E-state index in [9.17, 15) is 13.2 Å². The molecular weight excluding hydrogens is 326 g/mol. The molecule has 1 aromatic heterocycles. The Balaban J connectivity index is 1.85. The van der Waals surface area contributed by atoms with Crippen LogP contribution >= 0.6 is 0 Å². The molecule has 0 spiro atoms. The SMILES string of the molecule is CC=CC(=O)N1CCN(S(=O)(=O)c2cccc3cnccc23)CC1. The van der Waals surface area contributed by atoms with Crippen molar-refractivity contribution in [3.63, 3.8) is 0 Å². The number of carbonyl (C=O) groups excluding carboxylic acids is 1. The molecule has 0 radical (unpaired) electrons. The van der Waals surface area contributed by atoms with E-state index in [1.165, 1.54) is 10.4 Å². The molecule has 126 valence electrons. The Morgan fingerprint density at radius 1 is 1.17 bits per heavy atom. The van der Waals surface area contributed by atoms with Crippen LogP contribution in [0.1, 0.15) is 6.92 Å². The smallest absolute Gasteiger partial charge is 0.246 e. The highest BCUT2D eigenvalue weighted by atomic mass is 32.2. The van der Waals surface area contributed by atoms with Crippen molar-refractivity contribution in [1.82, 2.24) is 14.2 Å². The molecule has 0 saturated carbocycles. The minimum absolute atomic E-state index is 0.0780. The molecule has 0 atom stereocenters. The van der Waals surface area contributed by atoms with E-state index in [1.54, 1.807) is 48.5 Å². The first-order chi connectivity index (χ1) is 11.5. The number of benzene rings is 1. The van der Waals surface area contributed by atoms with Crippen LogP contribution in [-0.4, -0.2) is 54.7 Å². The summed E-state index contributed by atoms with van der Waals surface area (Å²) in [4.78, 5) is 17.9. The molecule has 3 rings (SSSR count). The highest BCUT2D eigenvalue weighted by Crippen LogP contribution is 2.25. The van der Waals surface area contributed by atoms with Gasteiger partial charge in [0, 0.05) is 49.3 Å². The average Bonchev–Trinajstić information content (AvgIpc) is 2.61. The monoisotopic (exact) mass is 345 g/mol. The average molecular weight is 345 g/mol. The van der Waals surface area contributed by atoms with E-state index in [2.05, 4.69) is 4.98 Å². The van der Waals surface area contributed by atoms with E-state index < -0.39 is 10.0 Å². The van der Waals surface area contributed by atoms with Gasteiger partial charge in [-0.25, -0.2) is 8.42 Å². The van der Waals surface area contributed by atoms with Crippen LogP contribution in [0, 0.1) is 0 Å². The third-order valence-corrected chi connectivity index (χ3v) is 6.07. The number of nitrogens with zero attached hydrogens (tertiary/aromatic N) is 3. The topological polar surface area (TPSA) is 70.6 Å². The van der Waals surface area contributed by atoms with Crippen molar-refractivity contribution in [1.29, 1.82) is 0 Å². The predicted octanol–water partition coefficient (Wildman–Crippen LogP) is 1.64. The summed E-state index contributed by atoms with van der Waals surface area (Å²) in [6.45, 7) is 3.18. The van der Waals surface area contributed by atoms with E-state index in [0.29, 0.717) is 31.6 Å². The van der Waals surface area contributed by atoms with Crippen molar-refractivity contribution in [2.75, 3.05) is 26.2 Å². The fourth-order valence-corrected chi connectivity index (χ4v) is 4.49. The number of aromatic nitrogens is 1. The van der Waals surface area contributed by atoms with Crippen LogP contribution in [0.25, 0.3) is 10.8 Å². The summed E-state index contributed by atoms with van der Waals surface area (Å²) < 4.78 is 27.4. The van der Waals surface area contributed by atoms with Crippen LogP contribution in [0.5, 0.6) is 0 Å². The second kappa shape index (κ2) is 6.70. The van der Waals surface area contributed by atoms with Gasteiger partial charge in [0.25, 0.3) is 0 Å². The second-order valence-electron chi connectivity index (χ2n) is 5.58. The molecule has 7 heteroatoms. The van der Waals surface area contributed by atoms with E-state index in [4.69, 9.17) is 0 Å². The van der Waals surface area contributed by atoms with Crippen LogP contribution in [0.3, 0.4) is 0 Å². The summed E-state index contributed by atoms with van der Waals surface area (Å²) >= 11 is 0. The van der Waals surface area contributed by atoms with Crippen LogP contribution in [0.15, 0.2) is 53.7 Å². The van der Waals surface area contributed by atoms with Crippen LogP contribution in [-0.2, 0) is 14.8 Å². The van der Waals surface area contributed by atoms with Crippen molar-refractivity contribution < 1.29 is 13.2 Å². The third-order valence-electron chi connectivity index (χ3n) is 4.12. The van der Waals surface area contributed by atoms with Gasteiger partial charge in [0.05, 0.1) is 4.90 Å². The van der Waals surface area contributed by atoms with Gasteiger partial charge >= 0.3 is 0 Å². The summed E-state index contributed by atoms with van der Waals surface area (Å²) in [7, 11) is -3.60. The van der Waals surface area contributed by atoms with Crippen LogP contribution < -0.4 is 0 Å². The van der Waals surface area contributed by atoms with E-state index >= 15 is 0 Å². The van der Waals surface area contributed by atoms with Gasteiger partial charge in [0.2, 0.25) is 15.9 Å². The van der Waals surface area contributed by atoms with E-state index in [0.717, 1.165) is 5.39 Å². The molecule has 24 heavy (non-hydrogen) atoms. The maximum absolute atomic E-state index is 13.0. The number of carbonyl (C=O) groups is 1. The van der Waals surface area contributed by atoms with Gasteiger partial charge in [0.1, 0.15) is 0 Å². The molecule has 6 nitrogen and oxygen atoms in total. The Bertz CT molecular complexity index is 880. The van der Waals surface area contributed by atoms with Gasteiger partial charge in [-0.1, -0.05) is 18.2 Å². The number of rotatable bonds is 3. The molecule has 0 unspecified atom stereocenters. The summed E-state index contributed by atoms with van der Waals surface area (Å²) in [5.41, 5.74) is 0. The molecule has 1 saturated heterocycles. The first-order valence-electron chi connectivity index (χ1n) is 7.78. The van der Waals surface area contributed by atoms with Crippen molar-refractivity contribution in [2.45, 2.75) is 11.8 Å². The summed E-state index contributed by atoms with van der Waals surface area (Å²) in [6.07, 6.45) is 6.44. The predicted molar refractivity (Wildman–Crippen MR) is 91.9 cm³/mol. The maximum atomic E-state index is 13.0. The summed E-state index contributed by atoms with van der Waals surface area (Å²) in [6, 6.07) is 6.90. The molecule has 1 aliphatic heterocycles. The fourth-order valence-electron chi connectivity index (χ4n) is 2.85. The number of amides is 1. The molecule has 0 N–H and O–H groups in total. The number of fused-ring (bicyclic) bond motifs is 1. The van der Waals surface area contributed by atoms with E-state index in [-0.39, 0.29) is 10.8 Å². The molecule has 1 aromatic carbocycles. The zero-order valence-corrected chi connectivity index (χ0v) is 14.2. The third kappa shape index (κ3) is 3.05. The van der Waals surface area contributed by atoms with Crippen molar-refractivity contribution >= 4 is 26.7 Å². The highest BCUT2D eigenvalue weighted by molar-refractivity contribution is 7.89. The minimum atomic E-state index is -3.60. The zero-order chi connectivity index (χ0) is 17.2. The Labute approximate surface area is 141 Å². The van der Waals surface area contributed by atoms with Crippen molar-refractivity contribution in [3.05, 3.63) is 48.8 Å². The normalized spacial score (nSPS) is 16.8. The Morgan fingerprint density at radius 2 is 1.92 bits per heavy atom. The van der Waals surface area contributed by atoms with Gasteiger partial charge < -0.3 is 4.90 Å². The van der Waals surface area contributed by atoms with Gasteiger partial charge in [0.15, 0.2) is 0 Å². The van der Waals surface area contributed by atoms with Crippen LogP contribution in [0.2, 0.25) is 0 Å². The van der Waals surface area contributed by atoms with Gasteiger partial charge in [-0.05, 0) is 25.1 Å². The zero-order valence-electron chi connectivity index (χ0n) is 13.4. The molecule has 1 fully saturated rings. The number of piperazine rings is 1. The second-order valence-corrected chi connectivity index (χ2v) is 7.49. The van der Waals surface area contributed by atoms with Crippen LogP contribution in [0.4, 0.5) is 0 Å². The number of hydrogen-bond acceptors (Lipinski definition) is 4. The van der Waals surface area contributed by atoms with E-state index in [1.807, 2.05) is 6.07 Å². The number of allylic oxidation sites excluding steroid dienone is 1. The standard InChI is InChI=1S/C17H19N3O3S/c1-2-4-17(21)19-9-11-20(12-10-19)24(22,23)16-6-3-5-14-13-18-8-7-15(14)16/h2-8,13H,9-12H2,1H3. The number of sulfonamides is 1. The minimum Gasteiger partial charge on any atom is -0.337 e. The largest absolute Gasteiger partial charge is 0.337 e. The summed E-state index contributed by atoms with van der Waals surface area (Å²) in [5.74, 6) is -0.0780. The number of hydrogen-bond donors (Lipinski definition) is 0. The molecule has 2 heterocycles. The molecule has 0 bridgehead atoms. The number of pyridine rings is 1.